The molecular formula is C36H55N3O9P2. The van der Waals surface area contributed by atoms with Crippen molar-refractivity contribution < 1.29 is 41.6 Å². The number of fused-ring (bicyclic) bond motifs is 1. The molecule has 2 aromatic carbocycles. The Hall–Kier alpha value is -2.56. The van der Waals surface area contributed by atoms with Crippen LogP contribution in [-0.2, 0) is 44.9 Å². The molecule has 2 aliphatic carbocycles. The van der Waals surface area contributed by atoms with E-state index in [-0.39, 0.29) is 55.4 Å². The van der Waals surface area contributed by atoms with E-state index in [1.54, 1.807) is 45.9 Å². The zero-order valence-electron chi connectivity index (χ0n) is 29.9. The van der Waals surface area contributed by atoms with Gasteiger partial charge in [-0.25, -0.2) is 0 Å². The van der Waals surface area contributed by atoms with Crippen LogP contribution in [0.5, 0.6) is 5.75 Å². The lowest BCUT2D eigenvalue weighted by atomic mass is 9.90. The SMILES string of the molecule is CCOP(=O)(OCC)c1ccc(C[C@H](N)C(=O)N[C@H]2CCCCc3cc(OCC4CCCCC4)c(C(N)=O)cc32)cc1P(=O)(OCC)OCC. The van der Waals surface area contributed by atoms with Crippen molar-refractivity contribution in [1.29, 1.82) is 0 Å². The molecule has 0 heterocycles. The average Bonchev–Trinajstić information content (AvgIpc) is 3.29. The lowest BCUT2D eigenvalue weighted by molar-refractivity contribution is -0.123. The molecule has 0 saturated heterocycles. The minimum atomic E-state index is -3.97. The molecule has 278 valence electrons. The molecule has 0 radical (unpaired) electrons. The van der Waals surface area contributed by atoms with E-state index in [1.807, 2.05) is 6.07 Å². The quantitative estimate of drug-likeness (QED) is 0.122. The average molecular weight is 736 g/mol. The molecule has 1 fully saturated rings. The van der Waals surface area contributed by atoms with Crippen LogP contribution in [0.15, 0.2) is 30.3 Å². The van der Waals surface area contributed by atoms with Gasteiger partial charge in [-0.2, -0.15) is 0 Å². The molecule has 2 aliphatic rings. The number of amides is 2. The number of nitrogens with one attached hydrogen (secondary N) is 1. The topological polar surface area (TPSA) is 178 Å². The van der Waals surface area contributed by atoms with Gasteiger partial charge in [0.1, 0.15) is 5.75 Å². The van der Waals surface area contributed by atoms with Gasteiger partial charge in [0, 0.05) is 0 Å². The van der Waals surface area contributed by atoms with Crippen LogP contribution in [0, 0.1) is 5.92 Å². The van der Waals surface area contributed by atoms with Gasteiger partial charge in [-0.1, -0.05) is 31.7 Å². The minimum Gasteiger partial charge on any atom is -0.492 e. The third kappa shape index (κ3) is 10.1. The first-order valence-corrected chi connectivity index (χ1v) is 21.1. The zero-order valence-corrected chi connectivity index (χ0v) is 31.7. The van der Waals surface area contributed by atoms with Crippen molar-refractivity contribution in [3.8, 4) is 5.75 Å². The van der Waals surface area contributed by atoms with Crippen LogP contribution in [-0.4, -0.2) is 50.9 Å². The predicted octanol–water partition coefficient (Wildman–Crippen LogP) is 5.98. The Morgan fingerprint density at radius 1 is 0.820 bits per heavy atom. The maximum absolute atomic E-state index is 14.1. The van der Waals surface area contributed by atoms with E-state index < -0.39 is 27.1 Å². The maximum atomic E-state index is 14.1. The minimum absolute atomic E-state index is 0.0507. The number of nitrogens with two attached hydrogens (primary N) is 2. The summed E-state index contributed by atoms with van der Waals surface area (Å²) in [5, 5.41) is 3.24. The fourth-order valence-electron chi connectivity index (χ4n) is 6.83. The molecule has 2 atom stereocenters. The van der Waals surface area contributed by atoms with Crippen LogP contribution in [0.25, 0.3) is 0 Å². The summed E-state index contributed by atoms with van der Waals surface area (Å²) in [6, 6.07) is 7.06. The zero-order chi connectivity index (χ0) is 36.3. The monoisotopic (exact) mass is 735 g/mol. The molecule has 2 amide bonds. The van der Waals surface area contributed by atoms with Gasteiger partial charge < -0.3 is 39.6 Å². The molecular weight excluding hydrogens is 680 g/mol. The van der Waals surface area contributed by atoms with E-state index in [4.69, 9.17) is 34.3 Å². The number of carbonyl (C=O) groups excluding carboxylic acids is 2. The number of rotatable bonds is 18. The van der Waals surface area contributed by atoms with Crippen molar-refractivity contribution in [1.82, 2.24) is 5.32 Å². The van der Waals surface area contributed by atoms with Crippen LogP contribution in [0.1, 0.15) is 112 Å². The van der Waals surface area contributed by atoms with Crippen LogP contribution >= 0.6 is 15.2 Å². The summed E-state index contributed by atoms with van der Waals surface area (Å²) in [4.78, 5) is 26.2. The third-order valence-electron chi connectivity index (χ3n) is 9.21. The van der Waals surface area contributed by atoms with E-state index >= 15 is 0 Å². The van der Waals surface area contributed by atoms with Gasteiger partial charge in [0.25, 0.3) is 5.91 Å². The second-order valence-corrected chi connectivity index (χ2v) is 16.8. The molecule has 5 N–H and O–H groups in total. The number of carbonyl (C=O) groups is 2. The van der Waals surface area contributed by atoms with Crippen molar-refractivity contribution in [2.45, 2.75) is 104 Å². The Bertz CT molecular complexity index is 1540. The Labute approximate surface area is 296 Å². The molecule has 12 nitrogen and oxygen atoms in total. The Morgan fingerprint density at radius 2 is 1.42 bits per heavy atom. The van der Waals surface area contributed by atoms with Gasteiger partial charge in [-0.05, 0) is 113 Å². The summed E-state index contributed by atoms with van der Waals surface area (Å²) in [6.45, 7) is 7.63. The van der Waals surface area contributed by atoms with Crippen LogP contribution in [0.4, 0.5) is 0 Å². The standard InChI is InChI=1S/C36H55N3O9P2/c1-5-45-49(42,46-6-2)33-19-18-26(21-34(33)50(43,47-7-3)48-8-4)20-30(37)36(41)39-31-17-13-12-16-27-22-32(29(35(38)40)23-28(27)31)44-24-25-14-10-9-11-15-25/h18-19,21-23,25,30-31H,5-17,20,24,37H2,1-4H3,(H2,38,40)(H,39,41)/t30-,31-/m0/s1. The fourth-order valence-corrected chi connectivity index (χ4v) is 10.9. The molecule has 1 saturated carbocycles. The number of hydrogen-bond acceptors (Lipinski definition) is 10. The second-order valence-electron chi connectivity index (χ2n) is 12.8. The molecule has 4 rings (SSSR count). The van der Waals surface area contributed by atoms with Crippen molar-refractivity contribution >= 4 is 37.6 Å². The lowest BCUT2D eigenvalue weighted by Crippen LogP contribution is -2.44. The summed E-state index contributed by atoms with van der Waals surface area (Å²) in [5.41, 5.74) is 15.0. The van der Waals surface area contributed by atoms with Crippen LogP contribution in [0.2, 0.25) is 0 Å². The normalized spacial score (nSPS) is 17.8. The first-order chi connectivity index (χ1) is 24.0. The highest BCUT2D eigenvalue weighted by Crippen LogP contribution is 2.53. The van der Waals surface area contributed by atoms with Gasteiger partial charge in [-0.15, -0.1) is 0 Å². The smallest absolute Gasteiger partial charge is 0.362 e. The summed E-state index contributed by atoms with van der Waals surface area (Å²) >= 11 is 0. The van der Waals surface area contributed by atoms with E-state index in [1.165, 1.54) is 25.3 Å². The van der Waals surface area contributed by atoms with Crippen molar-refractivity contribution in [2.24, 2.45) is 17.4 Å². The summed E-state index contributed by atoms with van der Waals surface area (Å²) in [7, 11) is -7.87. The number of aryl methyl sites for hydroxylation is 1. The molecule has 0 aromatic heterocycles. The molecule has 0 unspecified atom stereocenters. The van der Waals surface area contributed by atoms with Gasteiger partial charge in [0.05, 0.1) is 61.3 Å². The highest BCUT2D eigenvalue weighted by atomic mass is 31.2. The van der Waals surface area contributed by atoms with E-state index in [9.17, 15) is 18.7 Å². The van der Waals surface area contributed by atoms with E-state index in [0.29, 0.717) is 35.8 Å². The third-order valence-corrected chi connectivity index (χ3v) is 13.7. The molecule has 0 bridgehead atoms. The van der Waals surface area contributed by atoms with Gasteiger partial charge in [0.15, 0.2) is 0 Å². The number of primary amides is 1. The van der Waals surface area contributed by atoms with Crippen molar-refractivity contribution in [3.05, 3.63) is 52.6 Å². The fraction of sp³-hybridized carbons (Fsp3) is 0.611. The Kier molecular flexibility index (Phi) is 15.1. The van der Waals surface area contributed by atoms with Crippen LogP contribution < -0.4 is 32.1 Å². The highest BCUT2D eigenvalue weighted by molar-refractivity contribution is 7.68. The molecule has 0 spiro atoms. The summed E-state index contributed by atoms with van der Waals surface area (Å²) in [5.74, 6) is -0.00207. The van der Waals surface area contributed by atoms with Gasteiger partial charge in [-0.3, -0.25) is 18.7 Å². The van der Waals surface area contributed by atoms with Gasteiger partial charge in [0.2, 0.25) is 5.91 Å². The summed E-state index contributed by atoms with van der Waals surface area (Å²) in [6.07, 6.45) is 9.21. The first kappa shape index (κ1) is 40.2. The predicted molar refractivity (Wildman–Crippen MR) is 195 cm³/mol. The maximum Gasteiger partial charge on any atom is 0.362 e. The van der Waals surface area contributed by atoms with Crippen LogP contribution in [0.3, 0.4) is 0 Å². The Morgan fingerprint density at radius 3 is 2.02 bits per heavy atom. The van der Waals surface area contributed by atoms with E-state index in [2.05, 4.69) is 5.32 Å². The largest absolute Gasteiger partial charge is 0.492 e. The molecule has 50 heavy (non-hydrogen) atoms. The molecule has 14 heteroatoms. The molecule has 0 aliphatic heterocycles. The van der Waals surface area contributed by atoms with E-state index in [0.717, 1.165) is 43.2 Å². The number of benzene rings is 2. The van der Waals surface area contributed by atoms with Crippen molar-refractivity contribution in [3.63, 3.8) is 0 Å². The second kappa shape index (κ2) is 18.8. The lowest BCUT2D eigenvalue weighted by Gasteiger charge is -2.26. The molecule has 2 aromatic rings. The number of ether oxygens (including phenoxy) is 1. The first-order valence-electron chi connectivity index (χ1n) is 18.1. The van der Waals surface area contributed by atoms with Crippen molar-refractivity contribution in [2.75, 3.05) is 33.0 Å². The van der Waals surface area contributed by atoms with Gasteiger partial charge >= 0.3 is 15.2 Å². The Balaban J connectivity index is 1.58. The number of hydrogen-bond donors (Lipinski definition) is 3. The summed E-state index contributed by atoms with van der Waals surface area (Å²) < 4.78 is 56.6. The highest BCUT2D eigenvalue weighted by Gasteiger charge is 2.39.